The molecule has 7 nitrogen and oxygen atoms in total. The standard InChI is InChI=1S/C27H30N2O5/c1-33-25(31)22-5-3-4-10-29(23(22)26(32)34-2)21-8-6-20(7-9-21)24(30)28-27-14-17-11-18(15-27)13-19(12-17)16-27/h3-10,17-19H,11-16H2,1-2H3,(H,28,30). The van der Waals surface area contributed by atoms with Gasteiger partial charge in [0.05, 0.1) is 19.8 Å². The van der Waals surface area contributed by atoms with Crippen LogP contribution in [0.5, 0.6) is 0 Å². The van der Waals surface area contributed by atoms with Gasteiger partial charge in [-0.05, 0) is 92.7 Å². The third kappa shape index (κ3) is 4.04. The first-order chi connectivity index (χ1) is 16.4. The number of methoxy groups -OCH3 is 2. The molecule has 34 heavy (non-hydrogen) atoms. The lowest BCUT2D eigenvalue weighted by molar-refractivity contribution is -0.139. The van der Waals surface area contributed by atoms with Crippen molar-refractivity contribution < 1.29 is 23.9 Å². The first kappa shape index (κ1) is 22.4. The van der Waals surface area contributed by atoms with Crippen molar-refractivity contribution in [1.29, 1.82) is 0 Å². The van der Waals surface area contributed by atoms with Gasteiger partial charge in [-0.2, -0.15) is 0 Å². The summed E-state index contributed by atoms with van der Waals surface area (Å²) in [6, 6.07) is 7.04. The number of carbonyl (C=O) groups is 3. The molecule has 1 amide bonds. The number of ether oxygens (including phenoxy) is 2. The summed E-state index contributed by atoms with van der Waals surface area (Å²) in [4.78, 5) is 39.7. The number of anilines is 1. The zero-order chi connectivity index (χ0) is 23.9. The Labute approximate surface area is 199 Å². The van der Waals surface area contributed by atoms with E-state index >= 15 is 0 Å². The highest BCUT2D eigenvalue weighted by atomic mass is 16.5. The largest absolute Gasteiger partial charge is 0.465 e. The molecule has 0 spiro atoms. The van der Waals surface area contributed by atoms with E-state index in [1.165, 1.54) is 39.6 Å². The van der Waals surface area contributed by atoms with Gasteiger partial charge < -0.3 is 19.7 Å². The van der Waals surface area contributed by atoms with Gasteiger partial charge in [0.1, 0.15) is 5.70 Å². The highest BCUT2D eigenvalue weighted by Crippen LogP contribution is 2.55. The van der Waals surface area contributed by atoms with E-state index in [1.54, 1.807) is 47.5 Å². The van der Waals surface area contributed by atoms with Crippen LogP contribution in [0.1, 0.15) is 48.9 Å². The fourth-order valence-electron chi connectivity index (χ4n) is 6.72. The van der Waals surface area contributed by atoms with Crippen molar-refractivity contribution >= 4 is 23.5 Å². The molecular formula is C27H30N2O5. The molecule has 1 N–H and O–H groups in total. The minimum atomic E-state index is -0.666. The van der Waals surface area contributed by atoms with Gasteiger partial charge in [0.2, 0.25) is 0 Å². The average molecular weight is 463 g/mol. The maximum Gasteiger partial charge on any atom is 0.355 e. The predicted octanol–water partition coefficient (Wildman–Crippen LogP) is 3.88. The number of hydrogen-bond donors (Lipinski definition) is 1. The van der Waals surface area contributed by atoms with Crippen LogP contribution in [-0.4, -0.2) is 37.6 Å². The van der Waals surface area contributed by atoms with E-state index in [0.717, 1.165) is 37.0 Å². The minimum Gasteiger partial charge on any atom is -0.465 e. The van der Waals surface area contributed by atoms with E-state index < -0.39 is 11.9 Å². The summed E-state index contributed by atoms with van der Waals surface area (Å²) < 4.78 is 9.80. The van der Waals surface area contributed by atoms with E-state index in [9.17, 15) is 14.4 Å². The molecule has 0 unspecified atom stereocenters. The van der Waals surface area contributed by atoms with Crippen molar-refractivity contribution in [3.05, 3.63) is 65.5 Å². The minimum absolute atomic E-state index is 0.0464. The Balaban J connectivity index is 1.38. The van der Waals surface area contributed by atoms with Crippen molar-refractivity contribution in [1.82, 2.24) is 5.32 Å². The summed E-state index contributed by atoms with van der Waals surface area (Å²) in [7, 11) is 2.52. The van der Waals surface area contributed by atoms with Gasteiger partial charge in [0.25, 0.3) is 5.91 Å². The first-order valence-electron chi connectivity index (χ1n) is 11.9. The van der Waals surface area contributed by atoms with Crippen LogP contribution in [0, 0.1) is 17.8 Å². The molecule has 1 aromatic rings. The molecule has 1 aromatic carbocycles. The van der Waals surface area contributed by atoms with Crippen LogP contribution in [0.4, 0.5) is 5.69 Å². The van der Waals surface area contributed by atoms with Crippen LogP contribution in [0.3, 0.4) is 0 Å². The lowest BCUT2D eigenvalue weighted by atomic mass is 9.53. The van der Waals surface area contributed by atoms with Crippen LogP contribution < -0.4 is 10.2 Å². The quantitative estimate of drug-likeness (QED) is 0.669. The molecule has 0 atom stereocenters. The Morgan fingerprint density at radius 2 is 1.47 bits per heavy atom. The zero-order valence-corrected chi connectivity index (χ0v) is 19.6. The third-order valence-corrected chi connectivity index (χ3v) is 7.71. The number of hydrogen-bond acceptors (Lipinski definition) is 6. The van der Waals surface area contributed by atoms with Crippen molar-refractivity contribution in [2.75, 3.05) is 19.1 Å². The molecule has 7 heteroatoms. The fourth-order valence-corrected chi connectivity index (χ4v) is 6.72. The summed E-state index contributed by atoms with van der Waals surface area (Å²) in [5.74, 6) is 0.900. The van der Waals surface area contributed by atoms with E-state index in [4.69, 9.17) is 9.47 Å². The second-order valence-electron chi connectivity index (χ2n) is 10.0. The molecule has 6 rings (SSSR count). The fraction of sp³-hybridized carbons (Fsp3) is 0.444. The summed E-state index contributed by atoms with van der Waals surface area (Å²) in [5.41, 5.74) is 1.27. The van der Waals surface area contributed by atoms with Gasteiger partial charge in [0, 0.05) is 23.0 Å². The predicted molar refractivity (Wildman–Crippen MR) is 127 cm³/mol. The van der Waals surface area contributed by atoms with E-state index in [2.05, 4.69) is 5.32 Å². The maximum atomic E-state index is 13.2. The van der Waals surface area contributed by atoms with Gasteiger partial charge in [-0.25, -0.2) is 9.59 Å². The lowest BCUT2D eigenvalue weighted by Gasteiger charge is -2.56. The molecule has 1 heterocycles. The van der Waals surface area contributed by atoms with Gasteiger partial charge >= 0.3 is 11.9 Å². The average Bonchev–Trinajstić information content (AvgIpc) is 3.05. The van der Waals surface area contributed by atoms with Crippen LogP contribution in [0.25, 0.3) is 0 Å². The topological polar surface area (TPSA) is 84.9 Å². The van der Waals surface area contributed by atoms with E-state index in [-0.39, 0.29) is 22.7 Å². The maximum absolute atomic E-state index is 13.2. The van der Waals surface area contributed by atoms with Gasteiger partial charge in [0.15, 0.2) is 0 Å². The molecule has 0 aromatic heterocycles. The molecule has 0 radical (unpaired) electrons. The number of allylic oxidation sites excluding steroid dienone is 2. The number of benzene rings is 1. The normalized spacial score (nSPS) is 29.1. The summed E-state index contributed by atoms with van der Waals surface area (Å²) in [6.07, 6.45) is 13.8. The van der Waals surface area contributed by atoms with Gasteiger partial charge in [-0.1, -0.05) is 6.08 Å². The van der Waals surface area contributed by atoms with Crippen molar-refractivity contribution in [3.8, 4) is 0 Å². The molecular weight excluding hydrogens is 432 g/mol. The van der Waals surface area contributed by atoms with E-state index in [0.29, 0.717) is 11.3 Å². The Bertz CT molecular complexity index is 1060. The Morgan fingerprint density at radius 1 is 0.882 bits per heavy atom. The number of carbonyl (C=O) groups excluding carboxylic acids is 3. The number of nitrogens with zero attached hydrogens (tertiary/aromatic N) is 1. The summed E-state index contributed by atoms with van der Waals surface area (Å²) in [5, 5.41) is 3.39. The third-order valence-electron chi connectivity index (χ3n) is 7.71. The van der Waals surface area contributed by atoms with Crippen molar-refractivity contribution in [2.45, 2.75) is 44.1 Å². The molecule has 0 saturated heterocycles. The number of amides is 1. The number of esters is 2. The van der Waals surface area contributed by atoms with Crippen LogP contribution in [0.15, 0.2) is 60.0 Å². The van der Waals surface area contributed by atoms with Gasteiger partial charge in [-0.15, -0.1) is 0 Å². The molecule has 4 aliphatic carbocycles. The smallest absolute Gasteiger partial charge is 0.355 e. The van der Waals surface area contributed by atoms with Crippen molar-refractivity contribution in [3.63, 3.8) is 0 Å². The summed E-state index contributed by atoms with van der Waals surface area (Å²) in [6.45, 7) is 0. The second kappa shape index (κ2) is 8.78. The molecule has 4 saturated carbocycles. The highest BCUT2D eigenvalue weighted by molar-refractivity contribution is 6.05. The monoisotopic (exact) mass is 462 g/mol. The SMILES string of the molecule is COC(=O)C1=C(C(=O)OC)N(c2ccc(C(=O)NC34CC5CC(CC(C5)C3)C4)cc2)C=CC=C1. The van der Waals surface area contributed by atoms with Crippen LogP contribution in [-0.2, 0) is 19.1 Å². The zero-order valence-electron chi connectivity index (χ0n) is 19.6. The van der Waals surface area contributed by atoms with Crippen LogP contribution in [0.2, 0.25) is 0 Å². The highest BCUT2D eigenvalue weighted by Gasteiger charge is 2.51. The Hall–Kier alpha value is -3.35. The Kier molecular flexibility index (Phi) is 5.80. The molecule has 178 valence electrons. The lowest BCUT2D eigenvalue weighted by Crippen LogP contribution is -2.59. The molecule has 1 aliphatic heterocycles. The Morgan fingerprint density at radius 3 is 2.03 bits per heavy atom. The van der Waals surface area contributed by atoms with Gasteiger partial charge in [-0.3, -0.25) is 4.79 Å². The molecule has 5 aliphatic rings. The van der Waals surface area contributed by atoms with Crippen LogP contribution >= 0.6 is 0 Å². The van der Waals surface area contributed by atoms with E-state index in [1.807, 2.05) is 0 Å². The first-order valence-corrected chi connectivity index (χ1v) is 11.9. The summed E-state index contributed by atoms with van der Waals surface area (Å²) >= 11 is 0. The second-order valence-corrected chi connectivity index (χ2v) is 10.0. The molecule has 4 bridgehead atoms. The van der Waals surface area contributed by atoms with Crippen molar-refractivity contribution in [2.24, 2.45) is 17.8 Å². The number of nitrogens with one attached hydrogen (secondary N) is 1. The number of rotatable bonds is 5. The molecule has 4 fully saturated rings.